The van der Waals surface area contributed by atoms with Gasteiger partial charge in [-0.1, -0.05) is 61.5 Å². The van der Waals surface area contributed by atoms with Crippen LogP contribution in [0, 0.1) is 0 Å². The van der Waals surface area contributed by atoms with Crippen LogP contribution in [-0.2, 0) is 21.1 Å². The predicted octanol–water partition coefficient (Wildman–Crippen LogP) is 4.50. The Morgan fingerprint density at radius 3 is 2.30 bits per heavy atom. The highest BCUT2D eigenvalue weighted by molar-refractivity contribution is 7.93. The van der Waals surface area contributed by atoms with Gasteiger partial charge in [0.15, 0.2) is 14.6 Å². The van der Waals surface area contributed by atoms with Gasteiger partial charge in [-0.15, -0.1) is 0 Å². The molecule has 1 fully saturated rings. The van der Waals surface area contributed by atoms with Crippen molar-refractivity contribution >= 4 is 15.7 Å². The zero-order chi connectivity index (χ0) is 26.3. The smallest absolute Gasteiger partial charge is 0.265 e. The van der Waals surface area contributed by atoms with Gasteiger partial charge in [-0.2, -0.15) is 0 Å². The fraction of sp³-hybridized carbons (Fsp3) is 0.345. The fourth-order valence-electron chi connectivity index (χ4n) is 4.89. The van der Waals surface area contributed by atoms with Gasteiger partial charge >= 0.3 is 0 Å². The summed E-state index contributed by atoms with van der Waals surface area (Å²) in [7, 11) is -4.03. The lowest BCUT2D eigenvalue weighted by Crippen LogP contribution is -2.57. The Kier molecular flexibility index (Phi) is 8.63. The molecule has 0 aromatic heterocycles. The number of carbonyl (C=O) groups is 1. The lowest BCUT2D eigenvalue weighted by Gasteiger charge is -2.39. The van der Waals surface area contributed by atoms with E-state index in [1.54, 1.807) is 17.6 Å². The van der Waals surface area contributed by atoms with Crippen LogP contribution in [-0.4, -0.2) is 55.4 Å². The van der Waals surface area contributed by atoms with E-state index in [1.165, 1.54) is 28.8 Å². The summed E-state index contributed by atoms with van der Waals surface area (Å²) in [6.45, 7) is 4.21. The van der Waals surface area contributed by atoms with E-state index in [2.05, 4.69) is 41.3 Å². The second-order valence-corrected chi connectivity index (χ2v) is 11.6. The van der Waals surface area contributed by atoms with Crippen molar-refractivity contribution in [1.29, 1.82) is 0 Å². The average Bonchev–Trinajstić information content (AvgIpc) is 2.95. The number of hydroxylamine groups is 1. The number of nitrogens with one attached hydrogen (secondary N) is 1. The van der Waals surface area contributed by atoms with Crippen molar-refractivity contribution in [2.75, 3.05) is 26.2 Å². The third-order valence-electron chi connectivity index (χ3n) is 7.19. The van der Waals surface area contributed by atoms with Gasteiger partial charge < -0.3 is 9.64 Å². The largest absolute Gasteiger partial charge is 0.494 e. The highest BCUT2D eigenvalue weighted by Crippen LogP contribution is 2.36. The van der Waals surface area contributed by atoms with E-state index in [0.717, 1.165) is 19.4 Å². The molecular weight excluding hydrogens is 488 g/mol. The molecular formula is C29H34N2O5S. The van der Waals surface area contributed by atoms with Crippen molar-refractivity contribution in [3.63, 3.8) is 0 Å². The summed E-state index contributed by atoms with van der Waals surface area (Å²) in [6, 6.07) is 24.9. The molecule has 196 valence electrons. The number of nitrogens with zero attached hydrogens (tertiary/aromatic N) is 1. The van der Waals surface area contributed by atoms with Gasteiger partial charge in [-0.25, -0.2) is 13.9 Å². The summed E-state index contributed by atoms with van der Waals surface area (Å²) >= 11 is 0. The number of amides is 1. The van der Waals surface area contributed by atoms with Gasteiger partial charge in [0.2, 0.25) is 0 Å². The van der Waals surface area contributed by atoms with Crippen LogP contribution in [0.3, 0.4) is 0 Å². The van der Waals surface area contributed by atoms with Crippen LogP contribution < -0.4 is 10.2 Å². The van der Waals surface area contributed by atoms with Gasteiger partial charge in [0.25, 0.3) is 5.91 Å². The number of aryl methyl sites for hydroxylation is 1. The molecule has 1 saturated heterocycles. The quantitative estimate of drug-likeness (QED) is 0.231. The van der Waals surface area contributed by atoms with E-state index < -0.39 is 20.5 Å². The Balaban J connectivity index is 1.36. The third kappa shape index (κ3) is 5.87. The summed E-state index contributed by atoms with van der Waals surface area (Å²) in [6.07, 6.45) is 1.92. The van der Waals surface area contributed by atoms with Gasteiger partial charge in [-0.05, 0) is 73.2 Å². The Bertz CT molecular complexity index is 1290. The van der Waals surface area contributed by atoms with E-state index in [4.69, 9.17) is 4.74 Å². The first-order valence-electron chi connectivity index (χ1n) is 12.7. The molecule has 0 aliphatic carbocycles. The molecule has 2 N–H and O–H groups in total. The first-order chi connectivity index (χ1) is 17.9. The molecule has 0 unspecified atom stereocenters. The number of carbonyl (C=O) groups excluding carboxylic acids is 1. The van der Waals surface area contributed by atoms with Crippen LogP contribution >= 0.6 is 0 Å². The number of ether oxygens (including phenoxy) is 1. The maximum atomic E-state index is 13.5. The normalized spacial score (nSPS) is 15.7. The molecule has 1 aliphatic rings. The van der Waals surface area contributed by atoms with Crippen LogP contribution in [0.5, 0.6) is 5.75 Å². The Morgan fingerprint density at radius 1 is 0.973 bits per heavy atom. The number of piperidine rings is 1. The molecule has 1 heterocycles. The molecule has 1 amide bonds. The molecule has 37 heavy (non-hydrogen) atoms. The number of benzene rings is 3. The third-order valence-corrected chi connectivity index (χ3v) is 9.70. The average molecular weight is 523 g/mol. The van der Waals surface area contributed by atoms with Crippen LogP contribution in [0.15, 0.2) is 83.8 Å². The van der Waals surface area contributed by atoms with Gasteiger partial charge in [-0.3, -0.25) is 10.0 Å². The lowest BCUT2D eigenvalue weighted by molar-refractivity contribution is -0.133. The fourth-order valence-corrected chi connectivity index (χ4v) is 6.85. The number of hydrogen-bond acceptors (Lipinski definition) is 6. The number of sulfone groups is 1. The van der Waals surface area contributed by atoms with Crippen molar-refractivity contribution < 1.29 is 23.2 Å². The number of hydrogen-bond donors (Lipinski definition) is 2. The van der Waals surface area contributed by atoms with E-state index in [-0.39, 0.29) is 17.7 Å². The van der Waals surface area contributed by atoms with Gasteiger partial charge in [0.1, 0.15) is 5.75 Å². The Morgan fingerprint density at radius 2 is 1.65 bits per heavy atom. The van der Waals surface area contributed by atoms with Crippen LogP contribution in [0.2, 0.25) is 0 Å². The van der Waals surface area contributed by atoms with Crippen molar-refractivity contribution in [2.45, 2.75) is 42.2 Å². The molecule has 0 bridgehead atoms. The Hall–Kier alpha value is -3.20. The molecule has 3 aromatic rings. The van der Waals surface area contributed by atoms with Crippen LogP contribution in [0.1, 0.15) is 31.7 Å². The van der Waals surface area contributed by atoms with E-state index >= 15 is 0 Å². The minimum atomic E-state index is -4.03. The van der Waals surface area contributed by atoms with Crippen LogP contribution in [0.4, 0.5) is 0 Å². The van der Waals surface area contributed by atoms with E-state index in [9.17, 15) is 18.4 Å². The first-order valence-corrected chi connectivity index (χ1v) is 14.2. The molecule has 7 nitrogen and oxygen atoms in total. The minimum Gasteiger partial charge on any atom is -0.494 e. The van der Waals surface area contributed by atoms with Crippen molar-refractivity contribution in [3.8, 4) is 16.9 Å². The maximum absolute atomic E-state index is 13.5. The highest BCUT2D eigenvalue weighted by atomic mass is 32.2. The second kappa shape index (κ2) is 11.9. The van der Waals surface area contributed by atoms with E-state index in [0.29, 0.717) is 25.4 Å². The maximum Gasteiger partial charge on any atom is 0.265 e. The van der Waals surface area contributed by atoms with Crippen molar-refractivity contribution in [3.05, 3.63) is 84.4 Å². The van der Waals surface area contributed by atoms with Crippen LogP contribution in [0.25, 0.3) is 11.1 Å². The summed E-state index contributed by atoms with van der Waals surface area (Å²) in [4.78, 5) is 14.7. The highest BCUT2D eigenvalue weighted by Gasteiger charge is 2.52. The zero-order valence-corrected chi connectivity index (χ0v) is 21.9. The summed E-state index contributed by atoms with van der Waals surface area (Å²) < 4.78 is 31.2. The number of rotatable bonds is 10. The lowest BCUT2D eigenvalue weighted by atomic mass is 9.95. The zero-order valence-electron chi connectivity index (χ0n) is 21.1. The number of likely N-dealkylation sites (tertiary alicyclic amines) is 1. The molecule has 8 heteroatoms. The van der Waals surface area contributed by atoms with Gasteiger partial charge in [0, 0.05) is 13.1 Å². The molecule has 1 aliphatic heterocycles. The van der Waals surface area contributed by atoms with E-state index in [1.807, 2.05) is 25.1 Å². The minimum absolute atomic E-state index is 0.0473. The molecule has 0 radical (unpaired) electrons. The predicted molar refractivity (Wildman–Crippen MR) is 143 cm³/mol. The van der Waals surface area contributed by atoms with Crippen molar-refractivity contribution in [2.24, 2.45) is 0 Å². The standard InChI is InChI=1S/C29H34N2O5S/c1-2-31-19-17-29(18-20-31,28(32)30-33)37(34,35)27-15-13-26(14-16-27)36-21-7-9-23-8-6-12-25(22-23)24-10-4-3-5-11-24/h3-6,8,10-16,22,33H,2,7,9,17-21H2,1H3,(H,30,32). The summed E-state index contributed by atoms with van der Waals surface area (Å²) in [5.41, 5.74) is 5.19. The SMILES string of the molecule is CCN1CCC(C(=O)NO)(S(=O)(=O)c2ccc(OCCCc3cccc(-c4ccccc4)c3)cc2)CC1. The Labute approximate surface area is 219 Å². The van der Waals surface area contributed by atoms with Crippen molar-refractivity contribution in [1.82, 2.24) is 10.4 Å². The second-order valence-electron chi connectivity index (χ2n) is 9.36. The first kappa shape index (κ1) is 26.9. The topological polar surface area (TPSA) is 95.9 Å². The summed E-state index contributed by atoms with van der Waals surface area (Å²) in [5, 5.41) is 9.31. The monoisotopic (exact) mass is 522 g/mol. The molecule has 3 aromatic carbocycles. The molecule has 0 saturated carbocycles. The molecule has 0 spiro atoms. The molecule has 4 rings (SSSR count). The molecule has 0 atom stereocenters. The van der Waals surface area contributed by atoms with Gasteiger partial charge in [0.05, 0.1) is 11.5 Å². The summed E-state index contributed by atoms with van der Waals surface area (Å²) in [5.74, 6) is -0.307.